The predicted molar refractivity (Wildman–Crippen MR) is 88.3 cm³/mol. The minimum absolute atomic E-state index is 0.308. The number of hydrogen-bond donors (Lipinski definition) is 2. The van der Waals surface area contributed by atoms with Gasteiger partial charge in [-0.1, -0.05) is 0 Å². The Morgan fingerprint density at radius 1 is 1.14 bits per heavy atom. The molecule has 3 nitrogen and oxygen atoms in total. The molecular weight excluding hydrogens is 333 g/mol. The van der Waals surface area contributed by atoms with Crippen molar-refractivity contribution in [2.75, 3.05) is 11.1 Å². The minimum atomic E-state index is -0.308. The summed E-state index contributed by atoms with van der Waals surface area (Å²) in [5, 5.41) is 5.07. The number of nitrogen functional groups attached to an aromatic ring is 1. The fourth-order valence-electron chi connectivity index (χ4n) is 2.20. The molecule has 0 saturated carbocycles. The van der Waals surface area contributed by atoms with Crippen LogP contribution in [0, 0.1) is 12.7 Å². The van der Waals surface area contributed by atoms with Crippen molar-refractivity contribution >= 4 is 43.8 Å². The normalized spacial score (nSPS) is 10.8. The van der Waals surface area contributed by atoms with Crippen molar-refractivity contribution in [2.24, 2.45) is 0 Å². The number of benzene rings is 2. The van der Waals surface area contributed by atoms with Gasteiger partial charge in [-0.25, -0.2) is 4.39 Å². The van der Waals surface area contributed by atoms with Gasteiger partial charge in [-0.05, 0) is 59.3 Å². The van der Waals surface area contributed by atoms with Crippen molar-refractivity contribution in [3.05, 3.63) is 58.6 Å². The summed E-state index contributed by atoms with van der Waals surface area (Å²) in [5.74, 6) is -0.308. The lowest BCUT2D eigenvalue weighted by Crippen LogP contribution is -1.96. The molecule has 0 radical (unpaired) electrons. The number of aryl methyl sites for hydroxylation is 1. The van der Waals surface area contributed by atoms with Gasteiger partial charge in [0.15, 0.2) is 0 Å². The fraction of sp³-hybridized carbons (Fsp3) is 0.0625. The molecule has 21 heavy (non-hydrogen) atoms. The lowest BCUT2D eigenvalue weighted by Gasteiger charge is -2.12. The topological polar surface area (TPSA) is 50.9 Å². The van der Waals surface area contributed by atoms with Crippen LogP contribution in [0.25, 0.3) is 10.8 Å². The number of nitrogens with two attached hydrogens (primary N) is 1. The molecule has 3 rings (SSSR count). The number of nitrogens with one attached hydrogen (secondary N) is 1. The molecule has 1 heterocycles. The molecule has 0 fully saturated rings. The summed E-state index contributed by atoms with van der Waals surface area (Å²) < 4.78 is 14.0. The molecule has 0 aliphatic carbocycles. The van der Waals surface area contributed by atoms with E-state index in [9.17, 15) is 4.39 Å². The van der Waals surface area contributed by atoms with Crippen LogP contribution in [0.2, 0.25) is 0 Å². The van der Waals surface area contributed by atoms with Gasteiger partial charge in [0.25, 0.3) is 0 Å². The summed E-state index contributed by atoms with van der Waals surface area (Å²) in [4.78, 5) is 4.27. The number of anilines is 3. The van der Waals surface area contributed by atoms with Gasteiger partial charge in [-0.15, -0.1) is 0 Å². The van der Waals surface area contributed by atoms with Crippen LogP contribution in [-0.4, -0.2) is 4.98 Å². The Hall–Kier alpha value is -2.14. The largest absolute Gasteiger partial charge is 0.398 e. The maximum atomic E-state index is 13.6. The zero-order chi connectivity index (χ0) is 15.0. The molecule has 0 unspecified atom stereocenters. The van der Waals surface area contributed by atoms with Gasteiger partial charge >= 0.3 is 0 Å². The molecular formula is C16H13BrFN3. The number of hydrogen-bond acceptors (Lipinski definition) is 3. The Balaban J connectivity index is 2.10. The second kappa shape index (κ2) is 5.33. The van der Waals surface area contributed by atoms with Gasteiger partial charge in [0, 0.05) is 39.7 Å². The van der Waals surface area contributed by atoms with E-state index >= 15 is 0 Å². The van der Waals surface area contributed by atoms with Crippen LogP contribution in [0.15, 0.2) is 47.1 Å². The quantitative estimate of drug-likeness (QED) is 0.657. The Labute approximate surface area is 130 Å². The SMILES string of the molecule is Cc1cc2c(Nc3ccc(Br)c(F)c3)ccc(N)c2cn1. The standard InChI is InChI=1S/C16H13BrFN3/c1-9-6-11-12(8-20-9)15(19)4-5-16(11)21-10-2-3-13(17)14(18)7-10/h2-8,21H,19H2,1H3. The molecule has 3 N–H and O–H groups in total. The summed E-state index contributed by atoms with van der Waals surface area (Å²) in [6, 6.07) is 10.6. The maximum Gasteiger partial charge on any atom is 0.139 e. The third-order valence-electron chi connectivity index (χ3n) is 3.27. The molecule has 0 aliphatic heterocycles. The first-order valence-corrected chi connectivity index (χ1v) is 7.21. The van der Waals surface area contributed by atoms with Crippen LogP contribution >= 0.6 is 15.9 Å². The van der Waals surface area contributed by atoms with Gasteiger partial charge in [0.05, 0.1) is 4.47 Å². The summed E-state index contributed by atoms with van der Waals surface area (Å²) in [6.07, 6.45) is 1.76. The van der Waals surface area contributed by atoms with Crippen LogP contribution in [-0.2, 0) is 0 Å². The lowest BCUT2D eigenvalue weighted by atomic mass is 10.1. The molecule has 1 aromatic heterocycles. The summed E-state index contributed by atoms with van der Waals surface area (Å²) in [5.41, 5.74) is 9.10. The zero-order valence-corrected chi connectivity index (χ0v) is 12.9. The summed E-state index contributed by atoms with van der Waals surface area (Å²) in [7, 11) is 0. The highest BCUT2D eigenvalue weighted by molar-refractivity contribution is 9.10. The molecule has 0 atom stereocenters. The second-order valence-electron chi connectivity index (χ2n) is 4.83. The van der Waals surface area contributed by atoms with Crippen LogP contribution in [0.3, 0.4) is 0 Å². The zero-order valence-electron chi connectivity index (χ0n) is 11.3. The van der Waals surface area contributed by atoms with E-state index in [1.54, 1.807) is 12.3 Å². The highest BCUT2D eigenvalue weighted by atomic mass is 79.9. The monoisotopic (exact) mass is 345 g/mol. The molecule has 0 spiro atoms. The van der Waals surface area contributed by atoms with Gasteiger partial charge in [0.2, 0.25) is 0 Å². The number of halogens is 2. The number of aromatic nitrogens is 1. The first kappa shape index (κ1) is 13.8. The van der Waals surface area contributed by atoms with E-state index in [1.807, 2.05) is 31.2 Å². The molecule has 0 aliphatic rings. The van der Waals surface area contributed by atoms with E-state index in [0.717, 1.165) is 22.2 Å². The van der Waals surface area contributed by atoms with Crippen molar-refractivity contribution in [3.8, 4) is 0 Å². The Morgan fingerprint density at radius 3 is 2.71 bits per heavy atom. The molecule has 106 valence electrons. The maximum absolute atomic E-state index is 13.6. The van der Waals surface area contributed by atoms with Crippen molar-refractivity contribution in [2.45, 2.75) is 6.92 Å². The molecule has 0 bridgehead atoms. The molecule has 3 aromatic rings. The number of fused-ring (bicyclic) bond motifs is 1. The third kappa shape index (κ3) is 2.69. The minimum Gasteiger partial charge on any atom is -0.398 e. The molecule has 5 heteroatoms. The van der Waals surface area contributed by atoms with E-state index in [1.165, 1.54) is 6.07 Å². The average Bonchev–Trinajstić information content (AvgIpc) is 2.46. The van der Waals surface area contributed by atoms with Crippen molar-refractivity contribution in [1.29, 1.82) is 0 Å². The van der Waals surface area contributed by atoms with Gasteiger partial charge < -0.3 is 11.1 Å². The highest BCUT2D eigenvalue weighted by Gasteiger charge is 2.07. The van der Waals surface area contributed by atoms with Crippen LogP contribution in [0.4, 0.5) is 21.5 Å². The predicted octanol–water partition coefficient (Wildman–Crippen LogP) is 4.77. The summed E-state index contributed by atoms with van der Waals surface area (Å²) in [6.45, 7) is 1.92. The number of nitrogens with zero attached hydrogens (tertiary/aromatic N) is 1. The van der Waals surface area contributed by atoms with E-state index < -0.39 is 0 Å². The van der Waals surface area contributed by atoms with E-state index in [-0.39, 0.29) is 5.82 Å². The second-order valence-corrected chi connectivity index (χ2v) is 5.68. The van der Waals surface area contributed by atoms with Crippen molar-refractivity contribution in [1.82, 2.24) is 4.98 Å². The smallest absolute Gasteiger partial charge is 0.139 e. The number of pyridine rings is 1. The van der Waals surface area contributed by atoms with Crippen molar-refractivity contribution < 1.29 is 4.39 Å². The van der Waals surface area contributed by atoms with E-state index in [0.29, 0.717) is 15.8 Å². The lowest BCUT2D eigenvalue weighted by molar-refractivity contribution is 0.622. The molecule has 2 aromatic carbocycles. The Bertz CT molecular complexity index is 833. The molecule has 0 saturated heterocycles. The van der Waals surface area contributed by atoms with Gasteiger partial charge in [-0.2, -0.15) is 0 Å². The number of rotatable bonds is 2. The van der Waals surface area contributed by atoms with E-state index in [2.05, 4.69) is 26.2 Å². The summed E-state index contributed by atoms with van der Waals surface area (Å²) >= 11 is 3.15. The Morgan fingerprint density at radius 2 is 1.95 bits per heavy atom. The van der Waals surface area contributed by atoms with Crippen molar-refractivity contribution in [3.63, 3.8) is 0 Å². The first-order valence-electron chi connectivity index (χ1n) is 6.41. The van der Waals surface area contributed by atoms with Crippen LogP contribution in [0.1, 0.15) is 5.69 Å². The fourth-order valence-corrected chi connectivity index (χ4v) is 2.45. The van der Waals surface area contributed by atoms with Crippen LogP contribution < -0.4 is 11.1 Å². The van der Waals surface area contributed by atoms with Gasteiger partial charge in [0.1, 0.15) is 5.82 Å². The highest BCUT2D eigenvalue weighted by Crippen LogP contribution is 2.31. The third-order valence-corrected chi connectivity index (χ3v) is 3.91. The van der Waals surface area contributed by atoms with E-state index in [4.69, 9.17) is 5.73 Å². The van der Waals surface area contributed by atoms with Crippen LogP contribution in [0.5, 0.6) is 0 Å². The average molecular weight is 346 g/mol. The molecule has 0 amide bonds. The first-order chi connectivity index (χ1) is 10.0. The Kier molecular flexibility index (Phi) is 3.51. The van der Waals surface area contributed by atoms with Gasteiger partial charge in [-0.3, -0.25) is 4.98 Å².